The Morgan fingerprint density at radius 3 is 2.89 bits per heavy atom. The van der Waals surface area contributed by atoms with Gasteiger partial charge >= 0.3 is 0 Å². The van der Waals surface area contributed by atoms with Crippen molar-refractivity contribution in [1.82, 2.24) is 4.72 Å². The maximum absolute atomic E-state index is 12.3. The summed E-state index contributed by atoms with van der Waals surface area (Å²) in [6.07, 6.45) is 1.84. The molecule has 0 saturated carbocycles. The van der Waals surface area contributed by atoms with E-state index >= 15 is 0 Å². The summed E-state index contributed by atoms with van der Waals surface area (Å²) in [5, 5.41) is 9.01. The normalized spacial score (nSPS) is 19.8. The zero-order valence-electron chi connectivity index (χ0n) is 10.3. The van der Waals surface area contributed by atoms with E-state index in [0.717, 1.165) is 24.3 Å². The second-order valence-corrected chi connectivity index (χ2v) is 7.23. The fraction of sp³-hybridized carbons (Fsp3) is 0.417. The number of nitrogens with one attached hydrogen (secondary N) is 1. The van der Waals surface area contributed by atoms with Gasteiger partial charge in [-0.3, -0.25) is 0 Å². The summed E-state index contributed by atoms with van der Waals surface area (Å²) in [5.74, 6) is 1.85. The monoisotopic (exact) mass is 297 g/mol. The summed E-state index contributed by atoms with van der Waals surface area (Å²) in [6.45, 7) is 0. The van der Waals surface area contributed by atoms with Crippen molar-refractivity contribution >= 4 is 27.5 Å². The van der Waals surface area contributed by atoms with Crippen LogP contribution in [-0.4, -0.2) is 26.0 Å². The molecule has 1 saturated heterocycles. The van der Waals surface area contributed by atoms with Crippen molar-refractivity contribution in [3.63, 3.8) is 0 Å². The molecule has 1 fully saturated rings. The minimum Gasteiger partial charge on any atom is -0.399 e. The number of nitrogens with zero attached hydrogens (tertiary/aromatic N) is 1. The Hall–Kier alpha value is -1.23. The Kier molecular flexibility index (Phi) is 4.34. The third-order valence-corrected chi connectivity index (χ3v) is 5.69. The lowest BCUT2D eigenvalue weighted by molar-refractivity contribution is 0.543. The Morgan fingerprint density at radius 2 is 2.26 bits per heavy atom. The van der Waals surface area contributed by atoms with Crippen molar-refractivity contribution in [2.75, 3.05) is 17.2 Å². The van der Waals surface area contributed by atoms with E-state index < -0.39 is 10.0 Å². The molecular weight excluding hydrogens is 282 g/mol. The largest absolute Gasteiger partial charge is 0.399 e. The molecule has 0 aromatic heterocycles. The second-order valence-electron chi connectivity index (χ2n) is 4.40. The molecule has 3 N–H and O–H groups in total. The SMILES string of the molecule is N#Cc1cc(N)ccc1S(=O)(=O)NC1CCCSC1. The number of thioether (sulfide) groups is 1. The summed E-state index contributed by atoms with van der Waals surface area (Å²) in [7, 11) is -3.66. The Labute approximate surface area is 117 Å². The fourth-order valence-electron chi connectivity index (χ4n) is 1.99. The first-order valence-electron chi connectivity index (χ1n) is 5.92. The summed E-state index contributed by atoms with van der Waals surface area (Å²) in [6, 6.07) is 6.06. The van der Waals surface area contributed by atoms with Gasteiger partial charge in [0, 0.05) is 17.5 Å². The van der Waals surface area contributed by atoms with Gasteiger partial charge in [-0.25, -0.2) is 13.1 Å². The fourth-order valence-corrected chi connectivity index (χ4v) is 4.57. The molecule has 0 radical (unpaired) electrons. The number of hydrogen-bond acceptors (Lipinski definition) is 5. The maximum atomic E-state index is 12.3. The van der Waals surface area contributed by atoms with Crippen molar-refractivity contribution in [2.45, 2.75) is 23.8 Å². The van der Waals surface area contributed by atoms with Crippen LogP contribution in [0, 0.1) is 11.3 Å². The van der Waals surface area contributed by atoms with Crippen molar-refractivity contribution in [3.05, 3.63) is 23.8 Å². The first kappa shape index (κ1) is 14.2. The molecule has 102 valence electrons. The number of benzene rings is 1. The zero-order chi connectivity index (χ0) is 13.9. The number of sulfonamides is 1. The van der Waals surface area contributed by atoms with Crippen LogP contribution in [0.15, 0.2) is 23.1 Å². The molecule has 1 aromatic rings. The molecule has 1 aromatic carbocycles. The average Bonchev–Trinajstić information content (AvgIpc) is 2.38. The highest BCUT2D eigenvalue weighted by molar-refractivity contribution is 7.99. The van der Waals surface area contributed by atoms with Crippen molar-refractivity contribution < 1.29 is 8.42 Å². The van der Waals surface area contributed by atoms with Crippen molar-refractivity contribution in [1.29, 1.82) is 5.26 Å². The number of anilines is 1. The highest BCUT2D eigenvalue weighted by atomic mass is 32.2. The van der Waals surface area contributed by atoms with Crippen LogP contribution in [0.2, 0.25) is 0 Å². The van der Waals surface area contributed by atoms with Crippen LogP contribution in [0.3, 0.4) is 0 Å². The van der Waals surface area contributed by atoms with Gasteiger partial charge in [0.25, 0.3) is 0 Å². The molecule has 1 aliphatic heterocycles. The predicted molar refractivity (Wildman–Crippen MR) is 76.2 cm³/mol. The van der Waals surface area contributed by atoms with E-state index in [1.165, 1.54) is 18.2 Å². The lowest BCUT2D eigenvalue weighted by Crippen LogP contribution is -2.38. The molecule has 5 nitrogen and oxygen atoms in total. The molecule has 1 heterocycles. The first-order chi connectivity index (χ1) is 9.03. The molecule has 0 spiro atoms. The van der Waals surface area contributed by atoms with Gasteiger partial charge in [0.05, 0.1) is 10.5 Å². The van der Waals surface area contributed by atoms with E-state index in [4.69, 9.17) is 11.0 Å². The standard InChI is InChI=1S/C12H15N3O2S2/c13-7-9-6-10(14)3-4-12(9)19(16,17)15-11-2-1-5-18-8-11/h3-4,6,11,15H,1-2,5,8,14H2. The molecule has 0 aliphatic carbocycles. The van der Waals surface area contributed by atoms with Crippen LogP contribution >= 0.6 is 11.8 Å². The molecule has 1 atom stereocenters. The number of hydrogen-bond donors (Lipinski definition) is 2. The van der Waals surface area contributed by atoms with Crippen LogP contribution in [0.1, 0.15) is 18.4 Å². The third kappa shape index (κ3) is 3.41. The molecule has 0 bridgehead atoms. The van der Waals surface area contributed by atoms with Crippen LogP contribution in [-0.2, 0) is 10.0 Å². The molecule has 7 heteroatoms. The molecule has 0 amide bonds. The van der Waals surface area contributed by atoms with E-state index in [0.29, 0.717) is 5.69 Å². The van der Waals surface area contributed by atoms with E-state index in [1.54, 1.807) is 11.8 Å². The van der Waals surface area contributed by atoms with Crippen molar-refractivity contribution in [3.8, 4) is 6.07 Å². The van der Waals surface area contributed by atoms with Crippen molar-refractivity contribution in [2.24, 2.45) is 0 Å². The van der Waals surface area contributed by atoms with Crippen LogP contribution in [0.25, 0.3) is 0 Å². The number of rotatable bonds is 3. The molecule has 1 unspecified atom stereocenters. The lowest BCUT2D eigenvalue weighted by atomic mass is 10.2. The molecular formula is C12H15N3O2S2. The van der Waals surface area contributed by atoms with Crippen LogP contribution in [0.4, 0.5) is 5.69 Å². The van der Waals surface area contributed by atoms with Crippen LogP contribution in [0.5, 0.6) is 0 Å². The topological polar surface area (TPSA) is 96.0 Å². The summed E-state index contributed by atoms with van der Waals surface area (Å²) >= 11 is 1.74. The minimum atomic E-state index is -3.66. The average molecular weight is 297 g/mol. The molecule has 19 heavy (non-hydrogen) atoms. The highest BCUT2D eigenvalue weighted by Crippen LogP contribution is 2.22. The van der Waals surface area contributed by atoms with Gasteiger partial charge in [-0.15, -0.1) is 0 Å². The van der Waals surface area contributed by atoms with Crippen LogP contribution < -0.4 is 10.5 Å². The summed E-state index contributed by atoms with van der Waals surface area (Å²) in [4.78, 5) is -0.000210. The zero-order valence-corrected chi connectivity index (χ0v) is 11.9. The highest BCUT2D eigenvalue weighted by Gasteiger charge is 2.24. The summed E-state index contributed by atoms with van der Waals surface area (Å²) in [5.41, 5.74) is 6.02. The Bertz CT molecular complexity index is 602. The van der Waals surface area contributed by atoms with Gasteiger partial charge in [0.1, 0.15) is 6.07 Å². The second kappa shape index (κ2) is 5.82. The third-order valence-electron chi connectivity index (χ3n) is 2.90. The minimum absolute atomic E-state index is 0.000210. The summed E-state index contributed by atoms with van der Waals surface area (Å²) < 4.78 is 27.2. The predicted octanol–water partition coefficient (Wildman–Crippen LogP) is 1.31. The van der Waals surface area contributed by atoms with Gasteiger partial charge in [0.2, 0.25) is 10.0 Å². The van der Waals surface area contributed by atoms with Gasteiger partial charge < -0.3 is 5.73 Å². The number of nitrogens with two attached hydrogens (primary N) is 1. The number of nitriles is 1. The Morgan fingerprint density at radius 1 is 1.47 bits per heavy atom. The van der Waals surface area contributed by atoms with Gasteiger partial charge in [0.15, 0.2) is 0 Å². The quantitative estimate of drug-likeness (QED) is 0.820. The number of nitrogen functional groups attached to an aromatic ring is 1. The molecule has 1 aliphatic rings. The maximum Gasteiger partial charge on any atom is 0.242 e. The van der Waals surface area contributed by atoms with Gasteiger partial charge in [-0.05, 0) is 36.8 Å². The van der Waals surface area contributed by atoms with Gasteiger partial charge in [-0.1, -0.05) is 0 Å². The lowest BCUT2D eigenvalue weighted by Gasteiger charge is -2.22. The van der Waals surface area contributed by atoms with E-state index in [9.17, 15) is 8.42 Å². The Balaban J connectivity index is 2.26. The molecule has 2 rings (SSSR count). The first-order valence-corrected chi connectivity index (χ1v) is 8.56. The smallest absolute Gasteiger partial charge is 0.242 e. The van der Waals surface area contributed by atoms with E-state index in [-0.39, 0.29) is 16.5 Å². The van der Waals surface area contributed by atoms with E-state index in [1.807, 2.05) is 6.07 Å². The van der Waals surface area contributed by atoms with Gasteiger partial charge in [-0.2, -0.15) is 17.0 Å². The van der Waals surface area contributed by atoms with E-state index in [2.05, 4.69) is 4.72 Å².